The number of fused-ring (bicyclic) bond motifs is 1. The van der Waals surface area contributed by atoms with E-state index in [-0.39, 0.29) is 19.4 Å². The molecule has 0 amide bonds. The first kappa shape index (κ1) is 11.3. The Kier molecular flexibility index (Phi) is 3.10. The summed E-state index contributed by atoms with van der Waals surface area (Å²) in [4.78, 5) is 0. The number of nitrogens with two attached hydrogens (primary N) is 1. The van der Waals surface area contributed by atoms with Crippen molar-refractivity contribution in [3.63, 3.8) is 0 Å². The summed E-state index contributed by atoms with van der Waals surface area (Å²) in [6.07, 6.45) is 0.309. The molecule has 1 aromatic carbocycles. The molecular weight excluding hydrogens is 212 g/mol. The summed E-state index contributed by atoms with van der Waals surface area (Å²) in [5.41, 5.74) is 6.84. The van der Waals surface area contributed by atoms with Crippen LogP contribution in [-0.4, -0.2) is 19.1 Å². The molecule has 1 heterocycles. The van der Waals surface area contributed by atoms with Crippen molar-refractivity contribution in [1.29, 1.82) is 0 Å². The maximum Gasteiger partial charge on any atom is 0.253 e. The lowest BCUT2D eigenvalue weighted by Crippen LogP contribution is -2.23. The maximum absolute atomic E-state index is 13.4. The van der Waals surface area contributed by atoms with Gasteiger partial charge in [-0.1, -0.05) is 12.1 Å². The fourth-order valence-electron chi connectivity index (χ4n) is 1.95. The zero-order valence-corrected chi connectivity index (χ0v) is 9.01. The van der Waals surface area contributed by atoms with Crippen molar-refractivity contribution in [2.45, 2.75) is 25.2 Å². The van der Waals surface area contributed by atoms with Crippen LogP contribution in [-0.2, 0) is 12.8 Å². The predicted octanol–water partition coefficient (Wildman–Crippen LogP) is 2.15. The van der Waals surface area contributed by atoms with Crippen LogP contribution in [0, 0.1) is 0 Å². The van der Waals surface area contributed by atoms with E-state index in [1.54, 1.807) is 12.1 Å². The largest absolute Gasteiger partial charge is 0.493 e. The third kappa shape index (κ3) is 2.50. The number of benzene rings is 1. The van der Waals surface area contributed by atoms with Gasteiger partial charge in [-0.25, -0.2) is 8.78 Å². The highest BCUT2D eigenvalue weighted by atomic mass is 19.3. The molecule has 0 unspecified atom stereocenters. The topological polar surface area (TPSA) is 35.2 Å². The fraction of sp³-hybridized carbons (Fsp3) is 0.500. The number of ether oxygens (including phenoxy) is 1. The zero-order valence-electron chi connectivity index (χ0n) is 9.01. The second-order valence-corrected chi connectivity index (χ2v) is 4.11. The van der Waals surface area contributed by atoms with E-state index in [2.05, 4.69) is 0 Å². The van der Waals surface area contributed by atoms with Crippen LogP contribution in [0.2, 0.25) is 0 Å². The molecule has 2 nitrogen and oxygen atoms in total. The number of halogens is 2. The SMILES string of the molecule is NCCC(F)(F)Cc1ccc2c(c1)CCO2. The molecule has 0 aliphatic carbocycles. The monoisotopic (exact) mass is 227 g/mol. The summed E-state index contributed by atoms with van der Waals surface area (Å²) in [6.45, 7) is 0.666. The minimum atomic E-state index is -2.71. The van der Waals surface area contributed by atoms with Gasteiger partial charge in [0.25, 0.3) is 5.92 Å². The van der Waals surface area contributed by atoms with E-state index in [1.807, 2.05) is 6.07 Å². The Hall–Kier alpha value is -1.16. The van der Waals surface area contributed by atoms with Crippen molar-refractivity contribution in [1.82, 2.24) is 0 Å². The normalized spacial score (nSPS) is 14.7. The van der Waals surface area contributed by atoms with E-state index in [9.17, 15) is 8.78 Å². The molecule has 0 atom stereocenters. The first-order valence-corrected chi connectivity index (χ1v) is 5.43. The molecule has 0 saturated heterocycles. The van der Waals surface area contributed by atoms with Crippen LogP contribution in [0.15, 0.2) is 18.2 Å². The molecule has 1 aromatic rings. The smallest absolute Gasteiger partial charge is 0.253 e. The molecule has 0 saturated carbocycles. The number of hydrogen-bond donors (Lipinski definition) is 1. The fourth-order valence-corrected chi connectivity index (χ4v) is 1.95. The summed E-state index contributed by atoms with van der Waals surface area (Å²) in [6, 6.07) is 5.29. The van der Waals surface area contributed by atoms with Crippen LogP contribution in [0.25, 0.3) is 0 Å². The first-order chi connectivity index (χ1) is 7.61. The molecule has 0 bridgehead atoms. The van der Waals surface area contributed by atoms with Gasteiger partial charge in [-0.3, -0.25) is 0 Å². The molecule has 4 heteroatoms. The van der Waals surface area contributed by atoms with Crippen LogP contribution in [0.1, 0.15) is 17.5 Å². The molecule has 0 radical (unpaired) electrons. The molecular formula is C12H15F2NO. The number of hydrogen-bond acceptors (Lipinski definition) is 2. The quantitative estimate of drug-likeness (QED) is 0.855. The Balaban J connectivity index is 2.10. The standard InChI is InChI=1S/C12H15F2NO/c13-12(14,4-5-15)8-9-1-2-11-10(7-9)3-6-16-11/h1-2,7H,3-6,8,15H2. The van der Waals surface area contributed by atoms with Crippen molar-refractivity contribution in [2.24, 2.45) is 5.73 Å². The summed E-state index contributed by atoms with van der Waals surface area (Å²) >= 11 is 0. The zero-order chi connectivity index (χ0) is 11.6. The molecule has 2 rings (SSSR count). The number of rotatable bonds is 4. The van der Waals surface area contributed by atoms with Crippen LogP contribution in [0.4, 0.5) is 8.78 Å². The van der Waals surface area contributed by atoms with Crippen LogP contribution < -0.4 is 10.5 Å². The van der Waals surface area contributed by atoms with Gasteiger partial charge in [0.2, 0.25) is 0 Å². The Morgan fingerprint density at radius 2 is 2.19 bits per heavy atom. The number of alkyl halides is 2. The van der Waals surface area contributed by atoms with Gasteiger partial charge < -0.3 is 10.5 Å². The highest BCUT2D eigenvalue weighted by Crippen LogP contribution is 2.29. The van der Waals surface area contributed by atoms with E-state index < -0.39 is 5.92 Å². The van der Waals surface area contributed by atoms with E-state index in [4.69, 9.17) is 10.5 Å². The summed E-state index contributed by atoms with van der Waals surface area (Å²) in [7, 11) is 0. The summed E-state index contributed by atoms with van der Waals surface area (Å²) in [5.74, 6) is -1.88. The van der Waals surface area contributed by atoms with Crippen LogP contribution in [0.5, 0.6) is 5.75 Å². The van der Waals surface area contributed by atoms with Gasteiger partial charge in [0.15, 0.2) is 0 Å². The van der Waals surface area contributed by atoms with Gasteiger partial charge in [0.1, 0.15) is 5.75 Å². The van der Waals surface area contributed by atoms with Crippen LogP contribution in [0.3, 0.4) is 0 Å². The minimum Gasteiger partial charge on any atom is -0.493 e. The Bertz CT molecular complexity index is 379. The van der Waals surface area contributed by atoms with Gasteiger partial charge in [-0.05, 0) is 23.7 Å². The molecule has 1 aliphatic heterocycles. The molecule has 0 fully saturated rings. The minimum absolute atomic E-state index is 0.0149. The molecule has 0 spiro atoms. The van der Waals surface area contributed by atoms with E-state index in [1.165, 1.54) is 0 Å². The average molecular weight is 227 g/mol. The summed E-state index contributed by atoms with van der Waals surface area (Å²) in [5, 5.41) is 0. The Morgan fingerprint density at radius 1 is 1.38 bits per heavy atom. The lowest BCUT2D eigenvalue weighted by Gasteiger charge is -2.15. The van der Waals surface area contributed by atoms with Crippen molar-refractivity contribution in [3.05, 3.63) is 29.3 Å². The third-order valence-corrected chi connectivity index (χ3v) is 2.73. The maximum atomic E-state index is 13.4. The van der Waals surface area contributed by atoms with E-state index in [0.717, 1.165) is 17.7 Å². The lowest BCUT2D eigenvalue weighted by molar-refractivity contribution is -0.00453. The van der Waals surface area contributed by atoms with E-state index in [0.29, 0.717) is 12.2 Å². The third-order valence-electron chi connectivity index (χ3n) is 2.73. The van der Waals surface area contributed by atoms with Crippen molar-refractivity contribution < 1.29 is 13.5 Å². The lowest BCUT2D eigenvalue weighted by atomic mass is 10.0. The van der Waals surface area contributed by atoms with Crippen molar-refractivity contribution in [2.75, 3.05) is 13.2 Å². The first-order valence-electron chi connectivity index (χ1n) is 5.43. The second kappa shape index (κ2) is 4.37. The highest BCUT2D eigenvalue weighted by molar-refractivity contribution is 5.40. The molecule has 1 aliphatic rings. The van der Waals surface area contributed by atoms with Gasteiger partial charge in [-0.2, -0.15) is 0 Å². The molecule has 88 valence electrons. The predicted molar refractivity (Wildman–Crippen MR) is 58.0 cm³/mol. The van der Waals surface area contributed by atoms with Gasteiger partial charge in [0, 0.05) is 19.3 Å². The van der Waals surface area contributed by atoms with Crippen LogP contribution >= 0.6 is 0 Å². The van der Waals surface area contributed by atoms with Crippen molar-refractivity contribution >= 4 is 0 Å². The second-order valence-electron chi connectivity index (χ2n) is 4.11. The molecule has 16 heavy (non-hydrogen) atoms. The van der Waals surface area contributed by atoms with Gasteiger partial charge in [-0.15, -0.1) is 0 Å². The highest BCUT2D eigenvalue weighted by Gasteiger charge is 2.28. The van der Waals surface area contributed by atoms with Gasteiger partial charge in [0.05, 0.1) is 6.61 Å². The Morgan fingerprint density at radius 3 is 2.94 bits per heavy atom. The van der Waals surface area contributed by atoms with Crippen molar-refractivity contribution in [3.8, 4) is 5.75 Å². The van der Waals surface area contributed by atoms with Gasteiger partial charge >= 0.3 is 0 Å². The van der Waals surface area contributed by atoms with E-state index >= 15 is 0 Å². The molecule has 2 N–H and O–H groups in total. The Labute approximate surface area is 93.4 Å². The summed E-state index contributed by atoms with van der Waals surface area (Å²) < 4.78 is 32.0. The average Bonchev–Trinajstić information content (AvgIpc) is 2.63. The molecule has 0 aromatic heterocycles.